The van der Waals surface area contributed by atoms with Crippen LogP contribution >= 0.6 is 15.9 Å². The number of rotatable bonds is 6. The van der Waals surface area contributed by atoms with Gasteiger partial charge in [-0.3, -0.25) is 24.0 Å². The second-order valence-corrected chi connectivity index (χ2v) is 11.3. The number of aromatic nitrogens is 7. The number of amides is 2. The molecule has 1 saturated carbocycles. The number of carbonyl (C=O) groups is 3. The lowest BCUT2D eigenvalue weighted by atomic mass is 10.0. The maximum atomic E-state index is 13.7. The van der Waals surface area contributed by atoms with Gasteiger partial charge in [0.25, 0.3) is 0 Å². The zero-order valence-corrected chi connectivity index (χ0v) is 23.7. The van der Waals surface area contributed by atoms with Gasteiger partial charge in [-0.25, -0.2) is 14.5 Å². The standard InChI is InChI=1S/C28H24BrN9O3/c1-14-27(29)33-23(11-30-14)34-28(41)22-9-17-8-21(17)38(22)25(40)13-36-20-4-3-16(7-19(20)26(35-36)15(2)39)18-10-31-24-5-6-32-37(24)12-18/h3-7,10-12,17,21-22H,8-9,13H2,1-2H3,(H,33,34,41)/t17-,21-,22+/m1/s1. The Balaban J connectivity index is 1.16. The monoisotopic (exact) mass is 613 g/mol. The van der Waals surface area contributed by atoms with Crippen LogP contribution in [0.2, 0.25) is 0 Å². The minimum Gasteiger partial charge on any atom is -0.326 e. The normalized spacial score (nSPS) is 19.5. The fraction of sp³-hybridized carbons (Fsp3) is 0.286. The average molecular weight is 614 g/mol. The number of halogens is 1. The van der Waals surface area contributed by atoms with Crippen molar-refractivity contribution in [3.05, 3.63) is 65.0 Å². The molecular formula is C28H24BrN9O3. The van der Waals surface area contributed by atoms with Gasteiger partial charge in [0, 0.05) is 42.4 Å². The highest BCUT2D eigenvalue weighted by Crippen LogP contribution is 2.48. The van der Waals surface area contributed by atoms with Crippen LogP contribution in [0.25, 0.3) is 27.7 Å². The Morgan fingerprint density at radius 2 is 1.95 bits per heavy atom. The minimum absolute atomic E-state index is 0.0273. The highest BCUT2D eigenvalue weighted by molar-refractivity contribution is 9.10. The van der Waals surface area contributed by atoms with Gasteiger partial charge in [0.2, 0.25) is 11.8 Å². The molecule has 1 aliphatic heterocycles. The molecule has 206 valence electrons. The summed E-state index contributed by atoms with van der Waals surface area (Å²) < 4.78 is 3.79. The maximum Gasteiger partial charge on any atom is 0.248 e. The number of nitrogens with zero attached hydrogens (tertiary/aromatic N) is 8. The molecule has 3 atom stereocenters. The van der Waals surface area contributed by atoms with E-state index in [2.05, 4.69) is 46.4 Å². The summed E-state index contributed by atoms with van der Waals surface area (Å²) in [5.41, 5.74) is 4.06. The number of likely N-dealkylation sites (tertiary alicyclic amines) is 1. The van der Waals surface area contributed by atoms with E-state index in [1.54, 1.807) is 26.5 Å². The van der Waals surface area contributed by atoms with Crippen molar-refractivity contribution in [2.24, 2.45) is 5.92 Å². The Labute approximate surface area is 241 Å². The Morgan fingerprint density at radius 3 is 2.76 bits per heavy atom. The number of piperidine rings is 1. The molecule has 0 spiro atoms. The molecule has 4 aromatic heterocycles. The molecule has 2 fully saturated rings. The van der Waals surface area contributed by atoms with Crippen molar-refractivity contribution in [2.45, 2.75) is 45.3 Å². The van der Waals surface area contributed by atoms with Crippen LogP contribution in [-0.2, 0) is 16.1 Å². The van der Waals surface area contributed by atoms with Crippen molar-refractivity contribution < 1.29 is 14.4 Å². The average Bonchev–Trinajstić information content (AvgIpc) is 3.28. The molecule has 41 heavy (non-hydrogen) atoms. The van der Waals surface area contributed by atoms with Crippen molar-refractivity contribution in [3.63, 3.8) is 0 Å². The smallest absolute Gasteiger partial charge is 0.248 e. The Kier molecular flexibility index (Phi) is 5.92. The third kappa shape index (κ3) is 4.46. The zero-order valence-electron chi connectivity index (χ0n) is 22.2. The van der Waals surface area contributed by atoms with Crippen LogP contribution in [0.1, 0.15) is 35.9 Å². The fourth-order valence-electron chi connectivity index (χ4n) is 5.65. The molecule has 1 saturated heterocycles. The third-order valence-electron chi connectivity index (χ3n) is 7.79. The quantitative estimate of drug-likeness (QED) is 0.287. The molecule has 5 heterocycles. The van der Waals surface area contributed by atoms with Crippen molar-refractivity contribution in [3.8, 4) is 11.1 Å². The van der Waals surface area contributed by atoms with Crippen LogP contribution in [0.3, 0.4) is 0 Å². The summed E-state index contributed by atoms with van der Waals surface area (Å²) in [4.78, 5) is 54.1. The van der Waals surface area contributed by atoms with Crippen molar-refractivity contribution in [1.82, 2.24) is 39.2 Å². The highest BCUT2D eigenvalue weighted by Gasteiger charge is 2.56. The summed E-state index contributed by atoms with van der Waals surface area (Å²) in [7, 11) is 0. The molecule has 2 amide bonds. The number of fused-ring (bicyclic) bond motifs is 3. The molecule has 7 rings (SSSR count). The molecule has 0 bridgehead atoms. The molecule has 0 unspecified atom stereocenters. The Bertz CT molecular complexity index is 1900. The van der Waals surface area contributed by atoms with Gasteiger partial charge >= 0.3 is 0 Å². The van der Waals surface area contributed by atoms with Gasteiger partial charge in [-0.2, -0.15) is 10.2 Å². The number of hydrogen-bond acceptors (Lipinski definition) is 8. The second kappa shape index (κ2) is 9.54. The predicted molar refractivity (Wildman–Crippen MR) is 152 cm³/mol. The molecule has 1 aromatic carbocycles. The van der Waals surface area contributed by atoms with Crippen molar-refractivity contribution in [2.75, 3.05) is 5.32 Å². The first-order valence-electron chi connectivity index (χ1n) is 13.2. The largest absolute Gasteiger partial charge is 0.326 e. The van der Waals surface area contributed by atoms with Gasteiger partial charge < -0.3 is 10.2 Å². The molecule has 1 N–H and O–H groups in total. The minimum atomic E-state index is -0.612. The summed E-state index contributed by atoms with van der Waals surface area (Å²) in [6, 6.07) is 6.88. The molecule has 0 radical (unpaired) electrons. The zero-order chi connectivity index (χ0) is 28.4. The van der Waals surface area contributed by atoms with Crippen LogP contribution in [0.15, 0.2) is 53.7 Å². The Morgan fingerprint density at radius 1 is 1.10 bits per heavy atom. The summed E-state index contributed by atoms with van der Waals surface area (Å²) in [6.07, 6.45) is 8.28. The summed E-state index contributed by atoms with van der Waals surface area (Å²) in [5.74, 6) is -0.0932. The fourth-order valence-corrected chi connectivity index (χ4v) is 5.95. The number of ketones is 1. The number of aryl methyl sites for hydroxylation is 1. The van der Waals surface area contributed by atoms with E-state index in [9.17, 15) is 14.4 Å². The van der Waals surface area contributed by atoms with E-state index in [0.717, 1.165) is 23.2 Å². The molecule has 1 aliphatic carbocycles. The lowest BCUT2D eigenvalue weighted by Crippen LogP contribution is -2.46. The maximum absolute atomic E-state index is 13.7. The van der Waals surface area contributed by atoms with Gasteiger partial charge in [-0.15, -0.1) is 0 Å². The van der Waals surface area contributed by atoms with Gasteiger partial charge in [-0.05, 0) is 59.3 Å². The molecule has 2 aliphatic rings. The van der Waals surface area contributed by atoms with E-state index < -0.39 is 6.04 Å². The van der Waals surface area contributed by atoms with Crippen LogP contribution in [0, 0.1) is 12.8 Å². The molecule has 12 nitrogen and oxygen atoms in total. The van der Waals surface area contributed by atoms with E-state index in [0.29, 0.717) is 39.4 Å². The lowest BCUT2D eigenvalue weighted by molar-refractivity contribution is -0.138. The van der Waals surface area contributed by atoms with Crippen LogP contribution < -0.4 is 5.32 Å². The van der Waals surface area contributed by atoms with Gasteiger partial charge in [0.1, 0.15) is 22.9 Å². The second-order valence-electron chi connectivity index (χ2n) is 10.5. The SMILES string of the molecule is CC(=O)c1nn(CC(=O)N2[C@@H]3C[C@@H]3C[C@H]2C(=O)Nc2cnc(C)c(Br)n2)c2ccc(-c3cnc4ccnn4c3)cc12. The van der Waals surface area contributed by atoms with E-state index in [1.165, 1.54) is 13.1 Å². The number of carbonyl (C=O) groups excluding carboxylic acids is 3. The number of benzene rings is 1. The Hall–Kier alpha value is -4.52. The number of Topliss-reactive ketones (excluding diaryl/α,β-unsaturated/α-hetero) is 1. The van der Waals surface area contributed by atoms with Crippen LogP contribution in [-0.4, -0.2) is 68.9 Å². The molecular weight excluding hydrogens is 590 g/mol. The van der Waals surface area contributed by atoms with E-state index >= 15 is 0 Å². The summed E-state index contributed by atoms with van der Waals surface area (Å²) in [5, 5.41) is 12.2. The lowest BCUT2D eigenvalue weighted by Gasteiger charge is -2.26. The number of hydrogen-bond donors (Lipinski definition) is 1. The first kappa shape index (κ1) is 25.4. The third-order valence-corrected chi connectivity index (χ3v) is 8.54. The summed E-state index contributed by atoms with van der Waals surface area (Å²) >= 11 is 3.34. The number of nitrogens with one attached hydrogen (secondary N) is 1. The van der Waals surface area contributed by atoms with E-state index in [4.69, 9.17) is 0 Å². The van der Waals surface area contributed by atoms with Gasteiger partial charge in [0.05, 0.1) is 23.6 Å². The highest BCUT2D eigenvalue weighted by atomic mass is 79.9. The summed E-state index contributed by atoms with van der Waals surface area (Å²) in [6.45, 7) is 3.18. The molecule has 13 heteroatoms. The molecule has 5 aromatic rings. The predicted octanol–water partition coefficient (Wildman–Crippen LogP) is 3.44. The first-order valence-corrected chi connectivity index (χ1v) is 14.0. The first-order chi connectivity index (χ1) is 19.8. The van der Waals surface area contributed by atoms with Gasteiger partial charge in [0.15, 0.2) is 17.2 Å². The van der Waals surface area contributed by atoms with Crippen molar-refractivity contribution >= 4 is 55.9 Å². The van der Waals surface area contributed by atoms with Crippen LogP contribution in [0.4, 0.5) is 5.82 Å². The van der Waals surface area contributed by atoms with E-state index in [-0.39, 0.29) is 35.9 Å². The van der Waals surface area contributed by atoms with Crippen molar-refractivity contribution in [1.29, 1.82) is 0 Å². The number of anilines is 1. The van der Waals surface area contributed by atoms with Crippen LogP contribution in [0.5, 0.6) is 0 Å². The van der Waals surface area contributed by atoms with Gasteiger partial charge in [-0.1, -0.05) is 6.07 Å². The topological polar surface area (TPSA) is 140 Å². The van der Waals surface area contributed by atoms with E-state index in [1.807, 2.05) is 37.4 Å².